The fourth-order valence-electron chi connectivity index (χ4n) is 3.02. The molecule has 1 aliphatic rings. The maximum atomic E-state index is 12.8. The first-order chi connectivity index (χ1) is 11.7. The number of nitrogens with two attached hydrogens (primary N) is 1. The summed E-state index contributed by atoms with van der Waals surface area (Å²) in [6, 6.07) is 17.7. The molecule has 3 rings (SSSR count). The summed E-state index contributed by atoms with van der Waals surface area (Å²) in [6.45, 7) is 0.881. The van der Waals surface area contributed by atoms with E-state index in [-0.39, 0.29) is 11.9 Å². The van der Waals surface area contributed by atoms with Crippen LogP contribution in [0.15, 0.2) is 59.8 Å². The van der Waals surface area contributed by atoms with Crippen LogP contribution in [0.3, 0.4) is 0 Å². The largest absolute Gasteiger partial charge is 0.399 e. The maximum absolute atomic E-state index is 12.8. The summed E-state index contributed by atoms with van der Waals surface area (Å²) in [6.07, 6.45) is 0.665. The van der Waals surface area contributed by atoms with E-state index < -0.39 is 0 Å². The van der Waals surface area contributed by atoms with Crippen molar-refractivity contribution < 1.29 is 9.63 Å². The Kier molecular flexibility index (Phi) is 4.91. The van der Waals surface area contributed by atoms with Gasteiger partial charge in [-0.25, -0.2) is 0 Å². The number of nitrogens with zero attached hydrogens (tertiary/aromatic N) is 2. The van der Waals surface area contributed by atoms with Gasteiger partial charge in [-0.2, -0.15) is 0 Å². The van der Waals surface area contributed by atoms with Crippen LogP contribution >= 0.6 is 0 Å². The lowest BCUT2D eigenvalue weighted by atomic mass is 10.0. The minimum absolute atomic E-state index is 0.0219. The number of hydrogen-bond acceptors (Lipinski definition) is 4. The molecular weight excluding hydrogens is 302 g/mol. The van der Waals surface area contributed by atoms with E-state index in [2.05, 4.69) is 17.3 Å². The van der Waals surface area contributed by atoms with E-state index in [4.69, 9.17) is 10.6 Å². The van der Waals surface area contributed by atoms with Crippen LogP contribution in [0.1, 0.15) is 16.8 Å². The lowest BCUT2D eigenvalue weighted by molar-refractivity contribution is 0.0745. The molecule has 0 spiro atoms. The van der Waals surface area contributed by atoms with E-state index in [1.807, 2.05) is 42.5 Å². The van der Waals surface area contributed by atoms with Crippen LogP contribution in [0.25, 0.3) is 11.1 Å². The van der Waals surface area contributed by atoms with Crippen LogP contribution in [-0.2, 0) is 4.84 Å². The van der Waals surface area contributed by atoms with Gasteiger partial charge in [-0.05, 0) is 23.3 Å². The summed E-state index contributed by atoms with van der Waals surface area (Å²) in [5.74, 6) is -0.0219. The van der Waals surface area contributed by atoms with Crippen molar-refractivity contribution in [3.05, 3.63) is 60.2 Å². The van der Waals surface area contributed by atoms with Gasteiger partial charge in [0.1, 0.15) is 7.11 Å². The Labute approximate surface area is 141 Å². The Bertz CT molecular complexity index is 726. The molecule has 2 aromatic carbocycles. The Balaban J connectivity index is 1.79. The summed E-state index contributed by atoms with van der Waals surface area (Å²) in [5.41, 5.74) is 9.54. The number of rotatable bonds is 4. The first kappa shape index (κ1) is 16.2. The third kappa shape index (κ3) is 3.31. The fraction of sp³-hybridized carbons (Fsp3) is 0.263. The van der Waals surface area contributed by atoms with Gasteiger partial charge < -0.3 is 15.5 Å². The number of hydrogen-bond donors (Lipinski definition) is 1. The molecule has 1 fully saturated rings. The second kappa shape index (κ2) is 7.27. The van der Waals surface area contributed by atoms with E-state index in [9.17, 15) is 4.79 Å². The smallest absolute Gasteiger partial charge is 0.254 e. The highest BCUT2D eigenvalue weighted by atomic mass is 16.6. The van der Waals surface area contributed by atoms with Crippen molar-refractivity contribution in [2.75, 3.05) is 20.2 Å². The number of carbonyl (C=O) groups is 1. The lowest BCUT2D eigenvalue weighted by Crippen LogP contribution is -2.40. The fourth-order valence-corrected chi connectivity index (χ4v) is 3.02. The Morgan fingerprint density at radius 2 is 1.83 bits per heavy atom. The first-order valence-corrected chi connectivity index (χ1v) is 7.98. The summed E-state index contributed by atoms with van der Waals surface area (Å²) in [5, 5.41) is 3.97. The van der Waals surface area contributed by atoms with Crippen molar-refractivity contribution in [2.24, 2.45) is 10.9 Å². The van der Waals surface area contributed by atoms with Gasteiger partial charge in [-0.1, -0.05) is 47.6 Å². The van der Waals surface area contributed by atoms with Gasteiger partial charge in [0.2, 0.25) is 0 Å². The predicted octanol–water partition coefficient (Wildman–Crippen LogP) is 2.53. The molecule has 5 nitrogen and oxygen atoms in total. The molecule has 5 heteroatoms. The number of oxime groups is 1. The van der Waals surface area contributed by atoms with Gasteiger partial charge in [-0.15, -0.1) is 0 Å². The van der Waals surface area contributed by atoms with Crippen molar-refractivity contribution in [3.63, 3.8) is 0 Å². The predicted molar refractivity (Wildman–Crippen MR) is 94.8 cm³/mol. The minimum Gasteiger partial charge on any atom is -0.399 e. The second-order valence-corrected chi connectivity index (χ2v) is 5.81. The van der Waals surface area contributed by atoms with E-state index in [0.29, 0.717) is 25.1 Å². The molecule has 2 N–H and O–H groups in total. The number of amides is 1. The maximum Gasteiger partial charge on any atom is 0.254 e. The van der Waals surface area contributed by atoms with Crippen molar-refractivity contribution in [3.8, 4) is 11.1 Å². The lowest BCUT2D eigenvalue weighted by Gasteiger charge is -2.22. The molecule has 1 heterocycles. The van der Waals surface area contributed by atoms with Gasteiger partial charge in [-0.3, -0.25) is 4.79 Å². The number of likely N-dealkylation sites (tertiary alicyclic amines) is 1. The van der Waals surface area contributed by atoms with Gasteiger partial charge >= 0.3 is 0 Å². The molecule has 124 valence electrons. The SMILES string of the molecule is CON=C1CC(CN)N(C(=O)c2ccc(-c3ccccc3)cc2)C1. The monoisotopic (exact) mass is 323 g/mol. The first-order valence-electron chi connectivity index (χ1n) is 7.98. The normalized spacial score (nSPS) is 18.8. The Morgan fingerprint density at radius 3 is 2.46 bits per heavy atom. The van der Waals surface area contributed by atoms with Crippen LogP contribution in [0, 0.1) is 0 Å². The Hall–Kier alpha value is -2.66. The molecule has 2 aromatic rings. The quantitative estimate of drug-likeness (QED) is 0.879. The number of carbonyl (C=O) groups excluding carboxylic acids is 1. The summed E-state index contributed by atoms with van der Waals surface area (Å²) in [4.78, 5) is 19.4. The van der Waals surface area contributed by atoms with Gasteiger partial charge in [0.15, 0.2) is 0 Å². The highest BCUT2D eigenvalue weighted by molar-refractivity contribution is 6.00. The molecular formula is C19H21N3O2. The molecule has 0 aliphatic carbocycles. The molecule has 0 aromatic heterocycles. The van der Waals surface area contributed by atoms with E-state index in [1.165, 1.54) is 7.11 Å². The molecule has 1 atom stereocenters. The zero-order chi connectivity index (χ0) is 16.9. The van der Waals surface area contributed by atoms with Crippen molar-refractivity contribution in [2.45, 2.75) is 12.5 Å². The zero-order valence-electron chi connectivity index (χ0n) is 13.7. The zero-order valence-corrected chi connectivity index (χ0v) is 13.7. The van der Waals surface area contributed by atoms with Crippen LogP contribution in [0.2, 0.25) is 0 Å². The van der Waals surface area contributed by atoms with Crippen LogP contribution < -0.4 is 5.73 Å². The minimum atomic E-state index is -0.0276. The van der Waals surface area contributed by atoms with Crippen molar-refractivity contribution >= 4 is 11.6 Å². The second-order valence-electron chi connectivity index (χ2n) is 5.81. The highest BCUT2D eigenvalue weighted by Gasteiger charge is 2.32. The summed E-state index contributed by atoms with van der Waals surface area (Å²) in [7, 11) is 1.51. The molecule has 24 heavy (non-hydrogen) atoms. The van der Waals surface area contributed by atoms with E-state index in [0.717, 1.165) is 16.8 Å². The third-order valence-electron chi connectivity index (χ3n) is 4.26. The molecule has 1 unspecified atom stereocenters. The summed E-state index contributed by atoms with van der Waals surface area (Å²) < 4.78 is 0. The highest BCUT2D eigenvalue weighted by Crippen LogP contribution is 2.22. The molecule has 0 saturated carbocycles. The summed E-state index contributed by atoms with van der Waals surface area (Å²) >= 11 is 0. The van der Waals surface area contributed by atoms with Crippen molar-refractivity contribution in [1.29, 1.82) is 0 Å². The molecule has 1 aliphatic heterocycles. The van der Waals surface area contributed by atoms with E-state index in [1.54, 1.807) is 4.90 Å². The average Bonchev–Trinajstić information content (AvgIpc) is 3.05. The molecule has 1 amide bonds. The van der Waals surface area contributed by atoms with Gasteiger partial charge in [0.05, 0.1) is 18.3 Å². The van der Waals surface area contributed by atoms with Crippen molar-refractivity contribution in [1.82, 2.24) is 4.90 Å². The Morgan fingerprint density at radius 1 is 1.17 bits per heavy atom. The molecule has 0 radical (unpaired) electrons. The molecule has 1 saturated heterocycles. The third-order valence-corrected chi connectivity index (χ3v) is 4.26. The van der Waals surface area contributed by atoms with Crippen LogP contribution in [-0.4, -0.2) is 42.8 Å². The average molecular weight is 323 g/mol. The van der Waals surface area contributed by atoms with E-state index >= 15 is 0 Å². The van der Waals surface area contributed by atoms with Crippen LogP contribution in [0.5, 0.6) is 0 Å². The number of benzene rings is 2. The molecule has 0 bridgehead atoms. The van der Waals surface area contributed by atoms with Crippen LogP contribution in [0.4, 0.5) is 0 Å². The standard InChI is InChI=1S/C19H21N3O2/c1-24-21-17-11-18(12-20)22(13-17)19(23)16-9-7-15(8-10-16)14-5-3-2-4-6-14/h2-10,18H,11-13,20H2,1H3. The van der Waals surface area contributed by atoms with Gasteiger partial charge in [0.25, 0.3) is 5.91 Å². The topological polar surface area (TPSA) is 67.9 Å². The van der Waals surface area contributed by atoms with Gasteiger partial charge in [0, 0.05) is 18.5 Å².